The zero-order valence-corrected chi connectivity index (χ0v) is 22.8. The molecule has 12 heteroatoms. The second kappa shape index (κ2) is 12.6. The molecular formula is C32H24FN3O8. The van der Waals surface area contributed by atoms with Crippen molar-refractivity contribution < 1.29 is 39.1 Å². The Balaban J connectivity index is 1.63. The zero-order chi connectivity index (χ0) is 32.0. The van der Waals surface area contributed by atoms with E-state index in [1.54, 1.807) is 54.6 Å². The Bertz CT molecular complexity index is 1830. The summed E-state index contributed by atoms with van der Waals surface area (Å²) in [5.41, 5.74) is 2.28. The number of nitrogen functional groups attached to an aromatic ring is 1. The molecule has 11 nitrogen and oxygen atoms in total. The van der Waals surface area contributed by atoms with E-state index in [9.17, 15) is 23.6 Å². The molecule has 0 spiro atoms. The molecule has 1 unspecified atom stereocenters. The van der Waals surface area contributed by atoms with Gasteiger partial charge in [-0.15, -0.1) is 6.40 Å². The Hall–Kier alpha value is -5.80. The number of esters is 3. The van der Waals surface area contributed by atoms with Crippen molar-refractivity contribution in [2.24, 2.45) is 0 Å². The van der Waals surface area contributed by atoms with Crippen molar-refractivity contribution in [1.29, 1.82) is 0 Å². The fraction of sp³-hybridized carbons (Fsp3) is 0.156. The lowest BCUT2D eigenvalue weighted by atomic mass is 9.92. The first-order valence-corrected chi connectivity index (χ1v) is 13.1. The monoisotopic (exact) mass is 598 g/mol. The molecule has 2 N–H and O–H groups in total. The minimum absolute atomic E-state index is 0.0534. The summed E-state index contributed by atoms with van der Waals surface area (Å²) in [5, 5.41) is 0. The highest BCUT2D eigenvalue weighted by atomic mass is 19.1. The van der Waals surface area contributed by atoms with E-state index in [4.69, 9.17) is 26.1 Å². The Morgan fingerprint density at radius 2 is 1.50 bits per heavy atom. The molecule has 1 aromatic heterocycles. The summed E-state index contributed by atoms with van der Waals surface area (Å²) in [7, 11) is 0. The number of ether oxygens (including phenoxy) is 4. The molecule has 0 bridgehead atoms. The van der Waals surface area contributed by atoms with Crippen molar-refractivity contribution in [3.05, 3.63) is 130 Å². The molecule has 3 aromatic carbocycles. The lowest BCUT2D eigenvalue weighted by Gasteiger charge is -2.33. The molecule has 222 valence electrons. The summed E-state index contributed by atoms with van der Waals surface area (Å²) >= 11 is 0. The number of nitrogens with two attached hydrogens (primary N) is 1. The lowest BCUT2D eigenvalue weighted by molar-refractivity contribution is -0.0784. The molecule has 44 heavy (non-hydrogen) atoms. The predicted octanol–water partition coefficient (Wildman–Crippen LogP) is 3.17. The van der Waals surface area contributed by atoms with Crippen LogP contribution < -0.4 is 11.4 Å². The Morgan fingerprint density at radius 1 is 0.955 bits per heavy atom. The summed E-state index contributed by atoms with van der Waals surface area (Å²) in [4.78, 5) is 56.2. The van der Waals surface area contributed by atoms with E-state index < -0.39 is 65.9 Å². The van der Waals surface area contributed by atoms with Gasteiger partial charge >= 0.3 is 23.6 Å². The van der Waals surface area contributed by atoms with E-state index in [0.717, 1.165) is 0 Å². The third-order valence-corrected chi connectivity index (χ3v) is 6.76. The van der Waals surface area contributed by atoms with Crippen molar-refractivity contribution in [2.45, 2.75) is 24.0 Å². The summed E-state index contributed by atoms with van der Waals surface area (Å²) in [6, 6.07) is 23.3. The minimum Gasteiger partial charge on any atom is -0.459 e. The van der Waals surface area contributed by atoms with Gasteiger partial charge in [-0.05, 0) is 36.4 Å². The lowest BCUT2D eigenvalue weighted by Crippen LogP contribution is -2.54. The number of carbonyl (C=O) groups excluding carboxylic acids is 3. The topological polar surface area (TPSA) is 149 Å². The van der Waals surface area contributed by atoms with Gasteiger partial charge in [-0.25, -0.2) is 23.6 Å². The van der Waals surface area contributed by atoms with Crippen LogP contribution in [0.5, 0.6) is 0 Å². The van der Waals surface area contributed by atoms with Gasteiger partial charge in [0.1, 0.15) is 14.1 Å². The van der Waals surface area contributed by atoms with Crippen molar-refractivity contribution in [2.75, 3.05) is 12.3 Å². The van der Waals surface area contributed by atoms with Gasteiger partial charge in [-0.1, -0.05) is 60.5 Å². The average Bonchev–Trinajstić information content (AvgIpc) is 3.34. The number of terminal acetylenes is 1. The van der Waals surface area contributed by atoms with Crippen LogP contribution in [0, 0.1) is 18.1 Å². The second-order valence-corrected chi connectivity index (χ2v) is 9.51. The first-order chi connectivity index (χ1) is 21.7. The highest BCUT2D eigenvalue weighted by Crippen LogP contribution is 2.42. The van der Waals surface area contributed by atoms with E-state index in [1.807, 2.05) is 6.40 Å². The highest BCUT2D eigenvalue weighted by molar-refractivity contribution is 5.91. The van der Waals surface area contributed by atoms with Crippen LogP contribution in [0.15, 0.2) is 102 Å². The SMILES string of the molecule is [2H]C#C[C@@]1(OC(=O)c2ccccc2)[C@@H](COC(=O)c2ccccc2)OC(n2cc(F)c(N)nc2=O)[C@@H]1OC(=O)c1ccccc1. The predicted molar refractivity (Wildman–Crippen MR) is 153 cm³/mol. The first kappa shape index (κ1) is 28.3. The molecule has 0 saturated carbocycles. The van der Waals surface area contributed by atoms with Gasteiger partial charge in [-0.2, -0.15) is 4.98 Å². The number of anilines is 1. The number of nitrogens with zero attached hydrogens (tertiary/aromatic N) is 2. The van der Waals surface area contributed by atoms with Crippen LogP contribution in [0.25, 0.3) is 0 Å². The fourth-order valence-electron chi connectivity index (χ4n) is 4.55. The van der Waals surface area contributed by atoms with Crippen LogP contribution in [-0.4, -0.2) is 51.9 Å². The van der Waals surface area contributed by atoms with E-state index in [0.29, 0.717) is 10.8 Å². The van der Waals surface area contributed by atoms with E-state index >= 15 is 0 Å². The van der Waals surface area contributed by atoms with E-state index in [1.165, 1.54) is 36.4 Å². The molecule has 4 atom stereocenters. The molecule has 1 aliphatic heterocycles. The molecule has 2 heterocycles. The number of carbonyl (C=O) groups is 3. The standard InChI is InChI=1S/C32H24FN3O8/c1-2-32(44-30(39)22-16-10-5-11-17-22)24(19-41-28(37)20-12-6-3-7-13-20)42-27(36-18-23(33)26(34)35-31(36)40)25(32)43-29(38)21-14-8-4-9-15-21/h1,3-18,24-25,27H,19H2,(H2,34,35,40)/t24-,25+,27?,32-/m1/s1/i1D. The van der Waals surface area contributed by atoms with Crippen LogP contribution >= 0.6 is 0 Å². The largest absolute Gasteiger partial charge is 0.459 e. The number of benzene rings is 3. The van der Waals surface area contributed by atoms with Crippen molar-refractivity contribution in [1.82, 2.24) is 9.55 Å². The third kappa shape index (κ3) is 5.90. The molecule has 5 rings (SSSR count). The Kier molecular flexibility index (Phi) is 8.11. The third-order valence-electron chi connectivity index (χ3n) is 6.76. The average molecular weight is 599 g/mol. The van der Waals surface area contributed by atoms with E-state index in [2.05, 4.69) is 10.9 Å². The number of aromatic nitrogens is 2. The summed E-state index contributed by atoms with van der Waals surface area (Å²) in [5.74, 6) is -2.08. The van der Waals surface area contributed by atoms with Gasteiger partial charge in [0.2, 0.25) is 11.7 Å². The van der Waals surface area contributed by atoms with Gasteiger partial charge in [0.25, 0.3) is 0 Å². The van der Waals surface area contributed by atoms with Crippen LogP contribution in [0.2, 0.25) is 0 Å². The molecule has 1 fully saturated rings. The molecule has 1 saturated heterocycles. The molecule has 0 radical (unpaired) electrons. The quantitative estimate of drug-likeness (QED) is 0.182. The molecule has 4 aromatic rings. The number of rotatable bonds is 8. The van der Waals surface area contributed by atoms with Gasteiger partial charge in [0, 0.05) is 0 Å². The maximum Gasteiger partial charge on any atom is 0.351 e. The molecular weight excluding hydrogens is 573 g/mol. The van der Waals surface area contributed by atoms with Crippen LogP contribution in [-0.2, 0) is 18.9 Å². The summed E-state index contributed by atoms with van der Waals surface area (Å²) in [6.45, 7) is -0.667. The van der Waals surface area contributed by atoms with Gasteiger partial charge in [0.15, 0.2) is 17.9 Å². The smallest absolute Gasteiger partial charge is 0.351 e. The van der Waals surface area contributed by atoms with Crippen molar-refractivity contribution >= 4 is 23.7 Å². The van der Waals surface area contributed by atoms with Gasteiger partial charge in [0.05, 0.1) is 22.9 Å². The van der Waals surface area contributed by atoms with E-state index in [-0.39, 0.29) is 16.7 Å². The van der Waals surface area contributed by atoms with Crippen LogP contribution in [0.4, 0.5) is 10.2 Å². The van der Waals surface area contributed by atoms with Gasteiger partial charge in [-0.3, -0.25) is 4.57 Å². The Labute approximate surface area is 251 Å². The zero-order valence-electron chi connectivity index (χ0n) is 23.8. The number of halogens is 1. The van der Waals surface area contributed by atoms with Crippen molar-refractivity contribution in [3.63, 3.8) is 0 Å². The molecule has 1 aliphatic rings. The minimum atomic E-state index is -2.38. The Morgan fingerprint density at radius 3 is 2.07 bits per heavy atom. The van der Waals surface area contributed by atoms with Gasteiger partial charge < -0.3 is 24.7 Å². The van der Waals surface area contributed by atoms with Crippen LogP contribution in [0.3, 0.4) is 0 Å². The maximum absolute atomic E-state index is 14.7. The number of hydrogen-bond acceptors (Lipinski definition) is 10. The van der Waals surface area contributed by atoms with Crippen LogP contribution in [0.1, 0.15) is 38.7 Å². The second-order valence-electron chi connectivity index (χ2n) is 9.51. The normalized spacial score (nSPS) is 20.8. The summed E-state index contributed by atoms with van der Waals surface area (Å²) < 4.78 is 46.3. The number of hydrogen-bond donors (Lipinski definition) is 1. The highest BCUT2D eigenvalue weighted by Gasteiger charge is 2.63. The van der Waals surface area contributed by atoms with Crippen molar-refractivity contribution in [3.8, 4) is 12.3 Å². The summed E-state index contributed by atoms with van der Waals surface area (Å²) in [6.07, 6.45) is -2.57. The molecule has 0 aliphatic carbocycles. The molecule has 0 amide bonds. The fourth-order valence-corrected chi connectivity index (χ4v) is 4.55. The maximum atomic E-state index is 14.7. The first-order valence-electron chi connectivity index (χ1n) is 13.6.